The molecule has 0 spiro atoms. The zero-order chi connectivity index (χ0) is 17.9. The molecule has 0 radical (unpaired) electrons. The van der Waals surface area contributed by atoms with Gasteiger partial charge in [-0.25, -0.2) is 0 Å². The molecule has 0 bridgehead atoms. The third-order valence-electron chi connectivity index (χ3n) is 4.93. The van der Waals surface area contributed by atoms with E-state index in [9.17, 15) is 9.59 Å². The van der Waals surface area contributed by atoms with Gasteiger partial charge in [-0.2, -0.15) is 0 Å². The molecule has 4 nitrogen and oxygen atoms in total. The Kier molecular flexibility index (Phi) is 5.68. The van der Waals surface area contributed by atoms with Gasteiger partial charge in [-0.3, -0.25) is 9.59 Å². The van der Waals surface area contributed by atoms with E-state index in [4.69, 9.17) is 0 Å². The molecule has 2 rings (SSSR count). The number of hydrogen-bond acceptors (Lipinski definition) is 2. The zero-order valence-electron chi connectivity index (χ0n) is 15.6. The molecule has 2 amide bonds. The Morgan fingerprint density at radius 3 is 2.46 bits per heavy atom. The maximum atomic E-state index is 12.8. The maximum Gasteiger partial charge on any atom is 0.253 e. The molecule has 0 aromatic heterocycles. The Morgan fingerprint density at radius 2 is 1.83 bits per heavy atom. The number of benzene rings is 1. The SMILES string of the molecule is CC1CCCCC1N(C)C(=O)c1cccc(NC(=O)C(C)(C)C)c1. The third-order valence-corrected chi connectivity index (χ3v) is 4.93. The van der Waals surface area contributed by atoms with Gasteiger partial charge < -0.3 is 10.2 Å². The molecule has 2 atom stereocenters. The molecule has 0 saturated heterocycles. The fourth-order valence-corrected chi connectivity index (χ4v) is 3.27. The van der Waals surface area contributed by atoms with Crippen LogP contribution in [0.3, 0.4) is 0 Å². The first kappa shape index (κ1) is 18.5. The molecular weight excluding hydrogens is 300 g/mol. The van der Waals surface area contributed by atoms with E-state index >= 15 is 0 Å². The highest BCUT2D eigenvalue weighted by molar-refractivity contribution is 5.98. The first-order valence-corrected chi connectivity index (χ1v) is 8.89. The lowest BCUT2D eigenvalue weighted by molar-refractivity contribution is -0.123. The van der Waals surface area contributed by atoms with Gasteiger partial charge in [0.25, 0.3) is 5.91 Å². The van der Waals surface area contributed by atoms with Crippen LogP contribution in [0.25, 0.3) is 0 Å². The topological polar surface area (TPSA) is 49.4 Å². The van der Waals surface area contributed by atoms with Gasteiger partial charge in [0.1, 0.15) is 0 Å². The molecule has 132 valence electrons. The molecule has 1 fully saturated rings. The molecule has 1 aromatic rings. The van der Waals surface area contributed by atoms with Crippen molar-refractivity contribution in [3.05, 3.63) is 29.8 Å². The lowest BCUT2D eigenvalue weighted by Crippen LogP contribution is -2.42. The van der Waals surface area contributed by atoms with Crippen molar-refractivity contribution in [2.75, 3.05) is 12.4 Å². The van der Waals surface area contributed by atoms with E-state index < -0.39 is 5.41 Å². The number of hydrogen-bond donors (Lipinski definition) is 1. The summed E-state index contributed by atoms with van der Waals surface area (Å²) in [5.74, 6) is 0.512. The van der Waals surface area contributed by atoms with Crippen LogP contribution in [-0.2, 0) is 4.79 Å². The highest BCUT2D eigenvalue weighted by Gasteiger charge is 2.28. The number of carbonyl (C=O) groups is 2. The second kappa shape index (κ2) is 7.37. The van der Waals surface area contributed by atoms with E-state index in [0.717, 1.165) is 6.42 Å². The summed E-state index contributed by atoms with van der Waals surface area (Å²) in [5.41, 5.74) is 0.835. The maximum absolute atomic E-state index is 12.8. The van der Waals surface area contributed by atoms with Crippen molar-refractivity contribution in [2.45, 2.75) is 59.4 Å². The monoisotopic (exact) mass is 330 g/mol. The van der Waals surface area contributed by atoms with Crippen molar-refractivity contribution in [3.63, 3.8) is 0 Å². The van der Waals surface area contributed by atoms with Crippen LogP contribution in [0.1, 0.15) is 63.7 Å². The van der Waals surface area contributed by atoms with Crippen molar-refractivity contribution in [3.8, 4) is 0 Å². The van der Waals surface area contributed by atoms with Gasteiger partial charge in [0.05, 0.1) is 0 Å². The fraction of sp³-hybridized carbons (Fsp3) is 0.600. The summed E-state index contributed by atoms with van der Waals surface area (Å²) >= 11 is 0. The minimum absolute atomic E-state index is 0.0283. The van der Waals surface area contributed by atoms with Gasteiger partial charge in [0.2, 0.25) is 5.91 Å². The van der Waals surface area contributed by atoms with Crippen molar-refractivity contribution in [1.82, 2.24) is 4.90 Å². The molecule has 1 aromatic carbocycles. The van der Waals surface area contributed by atoms with Gasteiger partial charge in [-0.05, 0) is 37.0 Å². The zero-order valence-corrected chi connectivity index (χ0v) is 15.6. The first-order chi connectivity index (χ1) is 11.2. The number of rotatable bonds is 3. The Morgan fingerprint density at radius 1 is 1.17 bits per heavy atom. The quantitative estimate of drug-likeness (QED) is 0.897. The minimum atomic E-state index is -0.464. The van der Waals surface area contributed by atoms with Gasteiger partial charge in [-0.1, -0.05) is 46.6 Å². The Bertz CT molecular complexity index is 604. The van der Waals surface area contributed by atoms with E-state index in [2.05, 4.69) is 12.2 Å². The van der Waals surface area contributed by atoms with E-state index in [1.165, 1.54) is 19.3 Å². The summed E-state index contributed by atoms with van der Waals surface area (Å²) in [7, 11) is 1.90. The molecular formula is C20H30N2O2. The summed E-state index contributed by atoms with van der Waals surface area (Å²) in [6, 6.07) is 7.54. The smallest absolute Gasteiger partial charge is 0.253 e. The Labute approximate surface area is 145 Å². The number of carbonyl (C=O) groups excluding carboxylic acids is 2. The number of anilines is 1. The predicted molar refractivity (Wildman–Crippen MR) is 98.0 cm³/mol. The molecule has 1 aliphatic carbocycles. The van der Waals surface area contributed by atoms with Gasteiger partial charge in [-0.15, -0.1) is 0 Å². The minimum Gasteiger partial charge on any atom is -0.338 e. The fourth-order valence-electron chi connectivity index (χ4n) is 3.27. The van der Waals surface area contributed by atoms with Crippen molar-refractivity contribution < 1.29 is 9.59 Å². The lowest BCUT2D eigenvalue weighted by Gasteiger charge is -2.36. The first-order valence-electron chi connectivity index (χ1n) is 8.89. The summed E-state index contributed by atoms with van der Waals surface area (Å²) in [4.78, 5) is 26.9. The highest BCUT2D eigenvalue weighted by Crippen LogP contribution is 2.28. The average molecular weight is 330 g/mol. The summed E-state index contributed by atoms with van der Waals surface area (Å²) < 4.78 is 0. The van der Waals surface area contributed by atoms with E-state index in [0.29, 0.717) is 23.2 Å². The molecule has 1 saturated carbocycles. The standard InChI is InChI=1S/C20H30N2O2/c1-14-9-6-7-12-17(14)22(5)18(23)15-10-8-11-16(13-15)21-19(24)20(2,3)4/h8,10-11,13-14,17H,6-7,9,12H2,1-5H3,(H,21,24). The Hall–Kier alpha value is -1.84. The molecule has 0 heterocycles. The summed E-state index contributed by atoms with van der Waals surface area (Å²) in [5, 5.41) is 2.89. The van der Waals surface area contributed by atoms with Crippen molar-refractivity contribution in [2.24, 2.45) is 11.3 Å². The van der Waals surface area contributed by atoms with Crippen molar-refractivity contribution in [1.29, 1.82) is 0 Å². The number of amides is 2. The van der Waals surface area contributed by atoms with Gasteiger partial charge >= 0.3 is 0 Å². The normalized spacial score (nSPS) is 21.2. The van der Waals surface area contributed by atoms with Crippen LogP contribution >= 0.6 is 0 Å². The molecule has 1 aliphatic rings. The van der Waals surface area contributed by atoms with Crippen LogP contribution in [-0.4, -0.2) is 29.8 Å². The summed E-state index contributed by atoms with van der Waals surface area (Å²) in [6.07, 6.45) is 4.70. The molecule has 2 unspecified atom stereocenters. The Balaban J connectivity index is 2.12. The summed E-state index contributed by atoms with van der Waals surface area (Å²) in [6.45, 7) is 7.84. The molecule has 4 heteroatoms. The van der Waals surface area contributed by atoms with Gasteiger partial charge in [0.15, 0.2) is 0 Å². The lowest BCUT2D eigenvalue weighted by atomic mass is 9.85. The van der Waals surface area contributed by atoms with E-state index in [-0.39, 0.29) is 11.8 Å². The second-order valence-corrected chi connectivity index (χ2v) is 8.03. The molecule has 0 aliphatic heterocycles. The van der Waals surface area contributed by atoms with Crippen LogP contribution in [0.4, 0.5) is 5.69 Å². The molecule has 1 N–H and O–H groups in total. The van der Waals surface area contributed by atoms with E-state index in [1.807, 2.05) is 50.9 Å². The van der Waals surface area contributed by atoms with Crippen LogP contribution in [0.5, 0.6) is 0 Å². The van der Waals surface area contributed by atoms with E-state index in [1.54, 1.807) is 6.07 Å². The highest BCUT2D eigenvalue weighted by atomic mass is 16.2. The van der Waals surface area contributed by atoms with Crippen LogP contribution < -0.4 is 5.32 Å². The van der Waals surface area contributed by atoms with Crippen LogP contribution in [0.2, 0.25) is 0 Å². The van der Waals surface area contributed by atoms with Crippen LogP contribution in [0, 0.1) is 11.3 Å². The second-order valence-electron chi connectivity index (χ2n) is 8.03. The average Bonchev–Trinajstić information content (AvgIpc) is 2.53. The number of nitrogens with one attached hydrogen (secondary N) is 1. The van der Waals surface area contributed by atoms with Gasteiger partial charge in [0, 0.05) is 29.8 Å². The largest absolute Gasteiger partial charge is 0.338 e. The predicted octanol–water partition coefficient (Wildman–Crippen LogP) is 4.32. The van der Waals surface area contributed by atoms with Crippen molar-refractivity contribution >= 4 is 17.5 Å². The number of nitrogens with zero attached hydrogens (tertiary/aromatic N) is 1. The molecule has 24 heavy (non-hydrogen) atoms. The third kappa shape index (κ3) is 4.37. The van der Waals surface area contributed by atoms with Crippen LogP contribution in [0.15, 0.2) is 24.3 Å².